The number of thiophene rings is 1. The number of sulfonamides is 1. The van der Waals surface area contributed by atoms with Gasteiger partial charge in [0, 0.05) is 42.9 Å². The molecule has 0 radical (unpaired) electrons. The average Bonchev–Trinajstić information content (AvgIpc) is 3.19. The van der Waals surface area contributed by atoms with E-state index in [2.05, 4.69) is 10.2 Å². The van der Waals surface area contributed by atoms with E-state index in [0.29, 0.717) is 31.2 Å². The lowest BCUT2D eigenvalue weighted by Crippen LogP contribution is -2.48. The van der Waals surface area contributed by atoms with Crippen LogP contribution in [0.25, 0.3) is 0 Å². The molecule has 9 heteroatoms. The first-order chi connectivity index (χ1) is 13.3. The number of rotatable bonds is 6. The molecule has 0 aliphatic carbocycles. The second kappa shape index (κ2) is 8.82. The Balaban J connectivity index is 1.72. The van der Waals surface area contributed by atoms with Gasteiger partial charge in [-0.2, -0.15) is 4.31 Å². The normalized spacial score (nSPS) is 16.8. The van der Waals surface area contributed by atoms with Crippen LogP contribution in [0.3, 0.4) is 0 Å². The third kappa shape index (κ3) is 4.51. The van der Waals surface area contributed by atoms with Crippen molar-refractivity contribution in [2.45, 2.75) is 31.2 Å². The zero-order valence-corrected chi connectivity index (χ0v) is 18.3. The lowest BCUT2D eigenvalue weighted by atomic mass is 10.2. The molecule has 1 aromatic carbocycles. The summed E-state index contributed by atoms with van der Waals surface area (Å²) in [6.07, 6.45) is 0.784. The molecule has 1 N–H and O–H groups in total. The predicted molar refractivity (Wildman–Crippen MR) is 114 cm³/mol. The molecule has 0 saturated carbocycles. The average molecular weight is 442 g/mol. The topological polar surface area (TPSA) is 69.7 Å². The second-order valence-corrected chi connectivity index (χ2v) is 10.0. The fourth-order valence-corrected chi connectivity index (χ4v) is 5.89. The van der Waals surface area contributed by atoms with E-state index in [1.165, 1.54) is 10.4 Å². The van der Waals surface area contributed by atoms with E-state index in [1.54, 1.807) is 5.38 Å². The highest BCUT2D eigenvalue weighted by molar-refractivity contribution is 7.89. The van der Waals surface area contributed by atoms with Crippen LogP contribution in [0.4, 0.5) is 5.69 Å². The predicted octanol–water partition coefficient (Wildman–Crippen LogP) is 3.44. The molecule has 1 aromatic heterocycles. The molecule has 1 aliphatic heterocycles. The van der Waals surface area contributed by atoms with E-state index in [-0.39, 0.29) is 21.7 Å². The fraction of sp³-hybridized carbons (Fsp3) is 0.421. The molecule has 2 aromatic rings. The van der Waals surface area contributed by atoms with Gasteiger partial charge in [-0.1, -0.05) is 18.5 Å². The highest BCUT2D eigenvalue weighted by atomic mass is 35.5. The number of halogens is 1. The van der Waals surface area contributed by atoms with Gasteiger partial charge in [0.05, 0.1) is 0 Å². The monoisotopic (exact) mass is 441 g/mol. The van der Waals surface area contributed by atoms with Gasteiger partial charge in [0.1, 0.15) is 9.77 Å². The van der Waals surface area contributed by atoms with Gasteiger partial charge in [0.15, 0.2) is 0 Å². The minimum atomic E-state index is -3.71. The summed E-state index contributed by atoms with van der Waals surface area (Å²) in [6, 6.07) is 9.04. The quantitative estimate of drug-likeness (QED) is 0.745. The number of nitrogens with zero attached hydrogens (tertiary/aromatic N) is 2. The Morgan fingerprint density at radius 2 is 1.82 bits per heavy atom. The molecule has 1 atom stereocenters. The molecule has 1 saturated heterocycles. The summed E-state index contributed by atoms with van der Waals surface area (Å²) in [7, 11) is -3.71. The zero-order valence-electron chi connectivity index (χ0n) is 15.9. The largest absolute Gasteiger partial charge is 0.369 e. The number of carbonyl (C=O) groups is 1. The molecule has 0 spiro atoms. The molecule has 0 unspecified atom stereocenters. The Bertz CT molecular complexity index is 920. The third-order valence-electron chi connectivity index (χ3n) is 4.87. The van der Waals surface area contributed by atoms with Gasteiger partial charge in [-0.15, -0.1) is 11.3 Å². The SMILES string of the molecule is CC[C@H](C)NC(=O)c1sccc1S(=O)(=O)N1CCN(c2ccc(Cl)cc2)CC1. The summed E-state index contributed by atoms with van der Waals surface area (Å²) in [5.41, 5.74) is 1.02. The maximum Gasteiger partial charge on any atom is 0.262 e. The summed E-state index contributed by atoms with van der Waals surface area (Å²) in [4.78, 5) is 15.0. The second-order valence-electron chi connectivity index (χ2n) is 6.76. The van der Waals surface area contributed by atoms with Crippen molar-refractivity contribution in [3.8, 4) is 0 Å². The van der Waals surface area contributed by atoms with Crippen molar-refractivity contribution >= 4 is 44.6 Å². The lowest BCUT2D eigenvalue weighted by molar-refractivity contribution is 0.0940. The molecule has 1 fully saturated rings. The number of carbonyl (C=O) groups excluding carboxylic acids is 1. The maximum absolute atomic E-state index is 13.1. The first-order valence-electron chi connectivity index (χ1n) is 9.22. The number of piperazine rings is 1. The number of benzene rings is 1. The van der Waals surface area contributed by atoms with E-state index >= 15 is 0 Å². The van der Waals surface area contributed by atoms with E-state index in [9.17, 15) is 13.2 Å². The van der Waals surface area contributed by atoms with Crippen LogP contribution in [-0.2, 0) is 10.0 Å². The maximum atomic E-state index is 13.1. The van der Waals surface area contributed by atoms with Crippen LogP contribution in [0.5, 0.6) is 0 Å². The van der Waals surface area contributed by atoms with Crippen LogP contribution in [0.15, 0.2) is 40.6 Å². The molecule has 152 valence electrons. The number of anilines is 1. The van der Waals surface area contributed by atoms with Crippen molar-refractivity contribution in [2.24, 2.45) is 0 Å². The summed E-state index contributed by atoms with van der Waals surface area (Å²) in [6.45, 7) is 5.77. The van der Waals surface area contributed by atoms with E-state index in [4.69, 9.17) is 11.6 Å². The van der Waals surface area contributed by atoms with Crippen molar-refractivity contribution in [3.05, 3.63) is 45.6 Å². The summed E-state index contributed by atoms with van der Waals surface area (Å²) in [5, 5.41) is 5.18. The molecule has 1 aliphatic rings. The summed E-state index contributed by atoms with van der Waals surface area (Å²) >= 11 is 7.09. The van der Waals surface area contributed by atoms with Gasteiger partial charge in [-0.05, 0) is 49.1 Å². The van der Waals surface area contributed by atoms with Crippen LogP contribution < -0.4 is 10.2 Å². The minimum Gasteiger partial charge on any atom is -0.369 e. The molecular formula is C19H24ClN3O3S2. The molecule has 3 rings (SSSR count). The smallest absolute Gasteiger partial charge is 0.262 e. The first-order valence-corrected chi connectivity index (χ1v) is 11.9. The van der Waals surface area contributed by atoms with Crippen molar-refractivity contribution in [3.63, 3.8) is 0 Å². The van der Waals surface area contributed by atoms with Crippen molar-refractivity contribution in [1.82, 2.24) is 9.62 Å². The van der Waals surface area contributed by atoms with Crippen LogP contribution in [0.1, 0.15) is 29.9 Å². The molecule has 1 amide bonds. The zero-order chi connectivity index (χ0) is 20.3. The highest BCUT2D eigenvalue weighted by Gasteiger charge is 2.32. The highest BCUT2D eigenvalue weighted by Crippen LogP contribution is 2.27. The Morgan fingerprint density at radius 3 is 2.43 bits per heavy atom. The van der Waals surface area contributed by atoms with Crippen molar-refractivity contribution in [2.75, 3.05) is 31.1 Å². The molecule has 2 heterocycles. The van der Waals surface area contributed by atoms with Crippen molar-refractivity contribution < 1.29 is 13.2 Å². The van der Waals surface area contributed by atoms with E-state index < -0.39 is 10.0 Å². The standard InChI is InChI=1S/C19H24ClN3O3S2/c1-3-14(2)21-19(24)18-17(8-13-27-18)28(25,26)23-11-9-22(10-12-23)16-6-4-15(20)5-7-16/h4-8,13-14H,3,9-12H2,1-2H3,(H,21,24)/t14-/m0/s1. The van der Waals surface area contributed by atoms with Gasteiger partial charge >= 0.3 is 0 Å². The number of hydrogen-bond donors (Lipinski definition) is 1. The fourth-order valence-electron chi connectivity index (χ4n) is 3.04. The van der Waals surface area contributed by atoms with Gasteiger partial charge in [-0.25, -0.2) is 8.42 Å². The van der Waals surface area contributed by atoms with Crippen LogP contribution in [-0.4, -0.2) is 50.9 Å². The van der Waals surface area contributed by atoms with Crippen LogP contribution >= 0.6 is 22.9 Å². The summed E-state index contributed by atoms with van der Waals surface area (Å²) in [5.74, 6) is -0.331. The van der Waals surface area contributed by atoms with Crippen LogP contribution in [0.2, 0.25) is 5.02 Å². The summed E-state index contributed by atoms with van der Waals surface area (Å²) < 4.78 is 27.7. The third-order valence-corrected chi connectivity index (χ3v) is 8.11. The van der Waals surface area contributed by atoms with E-state index in [0.717, 1.165) is 23.4 Å². The van der Waals surface area contributed by atoms with Crippen molar-refractivity contribution in [1.29, 1.82) is 0 Å². The van der Waals surface area contributed by atoms with Gasteiger partial charge in [0.25, 0.3) is 5.91 Å². The number of amides is 1. The Hall–Kier alpha value is -1.61. The number of nitrogens with one attached hydrogen (secondary N) is 1. The first kappa shape index (κ1) is 21.1. The Labute approximate surface area is 175 Å². The van der Waals surface area contributed by atoms with Gasteiger partial charge in [-0.3, -0.25) is 4.79 Å². The Morgan fingerprint density at radius 1 is 1.18 bits per heavy atom. The lowest BCUT2D eigenvalue weighted by Gasteiger charge is -2.35. The molecule has 6 nitrogen and oxygen atoms in total. The van der Waals surface area contributed by atoms with Gasteiger partial charge in [0.2, 0.25) is 10.0 Å². The number of hydrogen-bond acceptors (Lipinski definition) is 5. The molecular weight excluding hydrogens is 418 g/mol. The van der Waals surface area contributed by atoms with Crippen LogP contribution in [0, 0.1) is 0 Å². The molecule has 0 bridgehead atoms. The minimum absolute atomic E-state index is 0.00641. The van der Waals surface area contributed by atoms with E-state index in [1.807, 2.05) is 38.1 Å². The van der Waals surface area contributed by atoms with Gasteiger partial charge < -0.3 is 10.2 Å². The molecule has 28 heavy (non-hydrogen) atoms. The Kier molecular flexibility index (Phi) is 6.65.